The summed E-state index contributed by atoms with van der Waals surface area (Å²) in [7, 11) is 0. The number of nitrogens with zero attached hydrogens (tertiary/aromatic N) is 3. The van der Waals surface area contributed by atoms with Crippen molar-refractivity contribution in [1.82, 2.24) is 5.01 Å². The van der Waals surface area contributed by atoms with E-state index < -0.39 is 0 Å². The standard InChI is InChI=1S/C18H13N3O/c1-2-17(22)21-18(14-9-7-13(11-19)8-10-14)16-6-4-3-5-15(16)12-20-21/h2-10,12,18H,1H2. The van der Waals surface area contributed by atoms with Gasteiger partial charge < -0.3 is 0 Å². The third kappa shape index (κ3) is 2.29. The van der Waals surface area contributed by atoms with Crippen LogP contribution in [0.15, 0.2) is 66.3 Å². The van der Waals surface area contributed by atoms with Crippen LogP contribution in [0.25, 0.3) is 0 Å². The van der Waals surface area contributed by atoms with Crippen LogP contribution in [0.1, 0.15) is 28.3 Å². The zero-order chi connectivity index (χ0) is 15.5. The SMILES string of the molecule is C=CC(=O)N1N=Cc2ccccc2C1c1ccc(C#N)cc1. The van der Waals surface area contributed by atoms with Crippen molar-refractivity contribution in [3.05, 3.63) is 83.4 Å². The first-order valence-electron chi connectivity index (χ1n) is 6.83. The van der Waals surface area contributed by atoms with E-state index >= 15 is 0 Å². The Morgan fingerprint density at radius 3 is 2.64 bits per heavy atom. The summed E-state index contributed by atoms with van der Waals surface area (Å²) in [6, 6.07) is 16.8. The second-order valence-corrected chi connectivity index (χ2v) is 4.90. The maximum atomic E-state index is 12.1. The molecule has 1 amide bonds. The molecule has 0 fully saturated rings. The van der Waals surface area contributed by atoms with Crippen molar-refractivity contribution >= 4 is 12.1 Å². The summed E-state index contributed by atoms with van der Waals surface area (Å²) in [5.41, 5.74) is 3.46. The Labute approximate surface area is 128 Å². The molecule has 0 bridgehead atoms. The number of carbonyl (C=O) groups is 1. The molecular formula is C18H13N3O. The molecule has 0 aromatic heterocycles. The van der Waals surface area contributed by atoms with Crippen molar-refractivity contribution in [3.8, 4) is 6.07 Å². The molecule has 1 unspecified atom stereocenters. The van der Waals surface area contributed by atoms with Crippen LogP contribution in [0.4, 0.5) is 0 Å². The molecular weight excluding hydrogens is 274 g/mol. The van der Waals surface area contributed by atoms with Gasteiger partial charge in [0.2, 0.25) is 0 Å². The largest absolute Gasteiger partial charge is 0.268 e. The lowest BCUT2D eigenvalue weighted by atomic mass is 9.92. The van der Waals surface area contributed by atoms with Crippen molar-refractivity contribution in [2.75, 3.05) is 0 Å². The van der Waals surface area contributed by atoms with Crippen LogP contribution >= 0.6 is 0 Å². The van der Waals surface area contributed by atoms with Gasteiger partial charge in [-0.3, -0.25) is 4.79 Å². The third-order valence-electron chi connectivity index (χ3n) is 3.61. The number of carbonyl (C=O) groups excluding carboxylic acids is 1. The minimum absolute atomic E-state index is 0.264. The molecule has 0 radical (unpaired) electrons. The van der Waals surface area contributed by atoms with E-state index in [1.165, 1.54) is 11.1 Å². The van der Waals surface area contributed by atoms with Gasteiger partial charge in [0, 0.05) is 5.56 Å². The van der Waals surface area contributed by atoms with E-state index in [1.807, 2.05) is 36.4 Å². The van der Waals surface area contributed by atoms with Gasteiger partial charge in [-0.1, -0.05) is 43.0 Å². The molecule has 0 aliphatic carbocycles. The van der Waals surface area contributed by atoms with E-state index in [2.05, 4.69) is 17.7 Å². The molecule has 0 saturated carbocycles. The van der Waals surface area contributed by atoms with Crippen LogP contribution in [0.5, 0.6) is 0 Å². The number of amides is 1. The van der Waals surface area contributed by atoms with Crippen LogP contribution in [0.3, 0.4) is 0 Å². The van der Waals surface area contributed by atoms with Gasteiger partial charge >= 0.3 is 0 Å². The third-order valence-corrected chi connectivity index (χ3v) is 3.61. The number of hydrogen-bond acceptors (Lipinski definition) is 3. The molecule has 106 valence electrons. The molecule has 0 saturated heterocycles. The van der Waals surface area contributed by atoms with E-state index in [0.29, 0.717) is 5.56 Å². The van der Waals surface area contributed by atoms with Crippen LogP contribution in [0, 0.1) is 11.3 Å². The Morgan fingerprint density at radius 1 is 1.23 bits per heavy atom. The first-order chi connectivity index (χ1) is 10.7. The molecule has 22 heavy (non-hydrogen) atoms. The Kier molecular flexibility index (Phi) is 3.55. The molecule has 2 aromatic rings. The lowest BCUT2D eigenvalue weighted by Crippen LogP contribution is -2.33. The van der Waals surface area contributed by atoms with Crippen molar-refractivity contribution in [2.24, 2.45) is 5.10 Å². The predicted octanol–water partition coefficient (Wildman–Crippen LogP) is 3.01. The Hall–Kier alpha value is -3.19. The molecule has 1 heterocycles. The van der Waals surface area contributed by atoms with Crippen LogP contribution in [-0.4, -0.2) is 17.1 Å². The van der Waals surface area contributed by atoms with Gasteiger partial charge in [-0.2, -0.15) is 10.4 Å². The van der Waals surface area contributed by atoms with Gasteiger partial charge in [0.1, 0.15) is 6.04 Å². The average molecular weight is 287 g/mol. The normalized spacial score (nSPS) is 15.8. The van der Waals surface area contributed by atoms with E-state index in [1.54, 1.807) is 18.3 Å². The Morgan fingerprint density at radius 2 is 1.95 bits per heavy atom. The zero-order valence-electron chi connectivity index (χ0n) is 11.8. The van der Waals surface area contributed by atoms with E-state index in [4.69, 9.17) is 5.26 Å². The summed E-state index contributed by atoms with van der Waals surface area (Å²) in [5.74, 6) is -0.264. The quantitative estimate of drug-likeness (QED) is 0.797. The number of benzene rings is 2. The van der Waals surface area contributed by atoms with Crippen LogP contribution in [-0.2, 0) is 4.79 Å². The van der Waals surface area contributed by atoms with Gasteiger partial charge in [0.05, 0.1) is 17.8 Å². The number of fused-ring (bicyclic) bond motifs is 1. The molecule has 1 aliphatic rings. The second kappa shape index (κ2) is 5.66. The van der Waals surface area contributed by atoms with Crippen molar-refractivity contribution < 1.29 is 4.79 Å². The maximum Gasteiger partial charge on any atom is 0.266 e. The first-order valence-corrected chi connectivity index (χ1v) is 6.83. The topological polar surface area (TPSA) is 56.5 Å². The molecule has 0 spiro atoms. The highest BCUT2D eigenvalue weighted by Gasteiger charge is 2.29. The maximum absolute atomic E-state index is 12.1. The van der Waals surface area contributed by atoms with Gasteiger partial charge in [0.25, 0.3) is 5.91 Å². The summed E-state index contributed by atoms with van der Waals surface area (Å²) < 4.78 is 0. The van der Waals surface area contributed by atoms with Gasteiger partial charge in [0.15, 0.2) is 0 Å². The highest BCUT2D eigenvalue weighted by molar-refractivity contribution is 5.91. The van der Waals surface area contributed by atoms with E-state index in [-0.39, 0.29) is 11.9 Å². The summed E-state index contributed by atoms with van der Waals surface area (Å²) in [5, 5.41) is 14.6. The monoisotopic (exact) mass is 287 g/mol. The summed E-state index contributed by atoms with van der Waals surface area (Å²) in [6.45, 7) is 3.54. The Bertz CT molecular complexity index is 800. The van der Waals surface area contributed by atoms with Gasteiger partial charge in [-0.05, 0) is 29.3 Å². The number of hydrazone groups is 1. The molecule has 3 rings (SSSR count). The fourth-order valence-electron chi connectivity index (χ4n) is 2.54. The zero-order valence-corrected chi connectivity index (χ0v) is 11.8. The average Bonchev–Trinajstić information content (AvgIpc) is 2.60. The van der Waals surface area contributed by atoms with Crippen molar-refractivity contribution in [2.45, 2.75) is 6.04 Å². The second-order valence-electron chi connectivity index (χ2n) is 4.90. The highest BCUT2D eigenvalue weighted by Crippen LogP contribution is 2.33. The summed E-state index contributed by atoms with van der Waals surface area (Å²) in [6.07, 6.45) is 2.93. The minimum atomic E-state index is -0.320. The molecule has 2 aromatic carbocycles. The van der Waals surface area contributed by atoms with E-state index in [9.17, 15) is 4.79 Å². The summed E-state index contributed by atoms with van der Waals surface area (Å²) in [4.78, 5) is 12.1. The Balaban J connectivity index is 2.13. The summed E-state index contributed by atoms with van der Waals surface area (Å²) >= 11 is 0. The predicted molar refractivity (Wildman–Crippen MR) is 84.1 cm³/mol. The number of rotatable bonds is 2. The number of nitriles is 1. The fraction of sp³-hybridized carbons (Fsp3) is 0.0556. The van der Waals surface area contributed by atoms with Crippen LogP contribution < -0.4 is 0 Å². The molecule has 4 nitrogen and oxygen atoms in total. The molecule has 1 atom stereocenters. The van der Waals surface area contributed by atoms with Crippen molar-refractivity contribution in [1.29, 1.82) is 5.26 Å². The highest BCUT2D eigenvalue weighted by atomic mass is 16.2. The van der Waals surface area contributed by atoms with Gasteiger partial charge in [-0.15, -0.1) is 0 Å². The number of hydrogen-bond donors (Lipinski definition) is 0. The molecule has 1 aliphatic heterocycles. The lowest BCUT2D eigenvalue weighted by molar-refractivity contribution is -0.127. The first kappa shape index (κ1) is 13.8. The lowest BCUT2D eigenvalue weighted by Gasteiger charge is -2.31. The minimum Gasteiger partial charge on any atom is -0.268 e. The smallest absolute Gasteiger partial charge is 0.266 e. The van der Waals surface area contributed by atoms with Crippen molar-refractivity contribution in [3.63, 3.8) is 0 Å². The molecule has 4 heteroatoms. The fourth-order valence-corrected chi connectivity index (χ4v) is 2.54. The van der Waals surface area contributed by atoms with Gasteiger partial charge in [-0.25, -0.2) is 5.01 Å². The molecule has 0 N–H and O–H groups in total. The van der Waals surface area contributed by atoms with Crippen LogP contribution in [0.2, 0.25) is 0 Å². The van der Waals surface area contributed by atoms with E-state index in [0.717, 1.165) is 16.7 Å².